The van der Waals surface area contributed by atoms with E-state index < -0.39 is 47.0 Å². The lowest BCUT2D eigenvalue weighted by molar-refractivity contribution is -0.0909. The van der Waals surface area contributed by atoms with Gasteiger partial charge in [-0.3, -0.25) is 0 Å². The number of hydrogen-bond donors (Lipinski definition) is 1. The molecule has 1 aliphatic carbocycles. The summed E-state index contributed by atoms with van der Waals surface area (Å²) in [6, 6.07) is -0.0914. The zero-order chi connectivity index (χ0) is 15.7. The summed E-state index contributed by atoms with van der Waals surface area (Å²) < 4.78 is 76.1. The molecule has 0 aliphatic heterocycles. The van der Waals surface area contributed by atoms with E-state index in [0.29, 0.717) is 13.0 Å². The van der Waals surface area contributed by atoms with E-state index in [1.807, 2.05) is 6.92 Å². The number of nitrogens with one attached hydrogen (secondary N) is 1. The Hall–Kier alpha value is -1.41. The standard InChI is InChI=1S/C13H14F5NO2/c1-3-19-5-4-6(12(5)20-2)21-13-10(17)8(15)7(14)9(16)11(13)18/h5-6,12,19H,3-4H2,1-2H3. The van der Waals surface area contributed by atoms with Gasteiger partial charge >= 0.3 is 0 Å². The van der Waals surface area contributed by atoms with Crippen molar-refractivity contribution in [2.45, 2.75) is 31.6 Å². The Balaban J connectivity index is 2.22. The third-order valence-electron chi connectivity index (χ3n) is 3.43. The molecular weight excluding hydrogens is 297 g/mol. The molecule has 21 heavy (non-hydrogen) atoms. The lowest BCUT2D eigenvalue weighted by Gasteiger charge is -2.43. The van der Waals surface area contributed by atoms with Crippen LogP contribution in [0.4, 0.5) is 22.0 Å². The molecule has 0 aromatic heterocycles. The molecule has 1 N–H and O–H groups in total. The second kappa shape index (κ2) is 6.15. The number of likely N-dealkylation sites (N-methyl/N-ethyl adjacent to an activating group) is 1. The van der Waals surface area contributed by atoms with Gasteiger partial charge in [0.1, 0.15) is 12.2 Å². The molecule has 1 aromatic carbocycles. The maximum absolute atomic E-state index is 13.5. The number of rotatable bonds is 5. The second-order valence-corrected chi connectivity index (χ2v) is 4.66. The molecule has 0 bridgehead atoms. The van der Waals surface area contributed by atoms with Crippen LogP contribution in [0.1, 0.15) is 13.3 Å². The molecule has 0 amide bonds. The molecule has 1 aromatic rings. The van der Waals surface area contributed by atoms with Crippen molar-refractivity contribution in [3.8, 4) is 5.75 Å². The molecule has 1 aliphatic rings. The van der Waals surface area contributed by atoms with Gasteiger partial charge in [0.15, 0.2) is 5.75 Å². The minimum absolute atomic E-state index is 0.0914. The maximum atomic E-state index is 13.5. The second-order valence-electron chi connectivity index (χ2n) is 4.66. The smallest absolute Gasteiger partial charge is 0.207 e. The van der Waals surface area contributed by atoms with Gasteiger partial charge in [0.2, 0.25) is 29.1 Å². The first-order valence-electron chi connectivity index (χ1n) is 6.36. The Labute approximate surface area is 118 Å². The first kappa shape index (κ1) is 16.0. The molecule has 0 radical (unpaired) electrons. The Morgan fingerprint density at radius 3 is 2.00 bits per heavy atom. The zero-order valence-corrected chi connectivity index (χ0v) is 11.4. The number of methoxy groups -OCH3 is 1. The predicted molar refractivity (Wildman–Crippen MR) is 63.5 cm³/mol. The van der Waals surface area contributed by atoms with Crippen LogP contribution in [0.2, 0.25) is 0 Å². The lowest BCUT2D eigenvalue weighted by Crippen LogP contribution is -2.61. The van der Waals surface area contributed by atoms with E-state index in [4.69, 9.17) is 9.47 Å². The number of benzene rings is 1. The summed E-state index contributed by atoms with van der Waals surface area (Å²) in [6.07, 6.45) is -0.974. The van der Waals surface area contributed by atoms with Crippen molar-refractivity contribution >= 4 is 0 Å². The van der Waals surface area contributed by atoms with Crippen LogP contribution in [0.3, 0.4) is 0 Å². The molecule has 0 heterocycles. The van der Waals surface area contributed by atoms with Crippen molar-refractivity contribution in [2.24, 2.45) is 0 Å². The highest BCUT2D eigenvalue weighted by Crippen LogP contribution is 2.34. The highest BCUT2D eigenvalue weighted by Gasteiger charge is 2.44. The molecular formula is C13H14F5NO2. The summed E-state index contributed by atoms with van der Waals surface area (Å²) in [5, 5.41) is 3.06. The van der Waals surface area contributed by atoms with E-state index in [2.05, 4.69) is 5.32 Å². The fraction of sp³-hybridized carbons (Fsp3) is 0.538. The van der Waals surface area contributed by atoms with Crippen LogP contribution in [0.5, 0.6) is 5.75 Å². The summed E-state index contributed by atoms with van der Waals surface area (Å²) in [4.78, 5) is 0. The van der Waals surface area contributed by atoms with Crippen molar-refractivity contribution < 1.29 is 31.4 Å². The molecule has 3 unspecified atom stereocenters. The molecule has 3 atom stereocenters. The lowest BCUT2D eigenvalue weighted by atomic mass is 9.85. The largest absolute Gasteiger partial charge is 0.481 e. The fourth-order valence-corrected chi connectivity index (χ4v) is 2.31. The molecule has 1 saturated carbocycles. The van der Waals surface area contributed by atoms with Gasteiger partial charge < -0.3 is 14.8 Å². The first-order chi connectivity index (χ1) is 9.92. The number of halogens is 5. The average Bonchev–Trinajstić information content (AvgIpc) is 2.45. The van der Waals surface area contributed by atoms with Gasteiger partial charge in [-0.15, -0.1) is 0 Å². The topological polar surface area (TPSA) is 30.5 Å². The summed E-state index contributed by atoms with van der Waals surface area (Å²) in [6.45, 7) is 2.52. The predicted octanol–water partition coefficient (Wildman–Crippen LogP) is 2.53. The summed E-state index contributed by atoms with van der Waals surface area (Å²) >= 11 is 0. The molecule has 2 rings (SSSR count). The Morgan fingerprint density at radius 1 is 1.00 bits per heavy atom. The van der Waals surface area contributed by atoms with E-state index >= 15 is 0 Å². The minimum atomic E-state index is -2.21. The van der Waals surface area contributed by atoms with Crippen molar-refractivity contribution in [2.75, 3.05) is 13.7 Å². The van der Waals surface area contributed by atoms with Gasteiger partial charge in [-0.05, 0) is 6.54 Å². The molecule has 3 nitrogen and oxygen atoms in total. The summed E-state index contributed by atoms with van der Waals surface area (Å²) in [5.74, 6) is -11.5. The molecule has 0 spiro atoms. The van der Waals surface area contributed by atoms with Crippen LogP contribution in [-0.4, -0.2) is 31.9 Å². The van der Waals surface area contributed by atoms with Crippen LogP contribution in [0, 0.1) is 29.1 Å². The SMILES string of the molecule is CCNC1CC(Oc2c(F)c(F)c(F)c(F)c2F)C1OC. The third-order valence-corrected chi connectivity index (χ3v) is 3.43. The molecule has 0 saturated heterocycles. The van der Waals surface area contributed by atoms with E-state index in [1.54, 1.807) is 0 Å². The van der Waals surface area contributed by atoms with Gasteiger partial charge in [-0.2, -0.15) is 8.78 Å². The van der Waals surface area contributed by atoms with Gasteiger partial charge in [0.25, 0.3) is 0 Å². The molecule has 8 heteroatoms. The quantitative estimate of drug-likeness (QED) is 0.515. The maximum Gasteiger partial charge on any atom is 0.207 e. The van der Waals surface area contributed by atoms with Crippen LogP contribution >= 0.6 is 0 Å². The highest BCUT2D eigenvalue weighted by atomic mass is 19.2. The minimum Gasteiger partial charge on any atom is -0.481 e. The Morgan fingerprint density at radius 2 is 1.52 bits per heavy atom. The van der Waals surface area contributed by atoms with E-state index in [1.165, 1.54) is 7.11 Å². The van der Waals surface area contributed by atoms with E-state index in [-0.39, 0.29) is 6.04 Å². The summed E-state index contributed by atoms with van der Waals surface area (Å²) in [5.41, 5.74) is 0. The van der Waals surface area contributed by atoms with Gasteiger partial charge in [-0.25, -0.2) is 13.2 Å². The van der Waals surface area contributed by atoms with Crippen molar-refractivity contribution in [1.29, 1.82) is 0 Å². The van der Waals surface area contributed by atoms with Crippen molar-refractivity contribution in [3.63, 3.8) is 0 Å². The average molecular weight is 311 g/mol. The van der Waals surface area contributed by atoms with Crippen LogP contribution in [-0.2, 0) is 4.74 Å². The fourth-order valence-electron chi connectivity index (χ4n) is 2.31. The van der Waals surface area contributed by atoms with Crippen molar-refractivity contribution in [1.82, 2.24) is 5.32 Å². The third kappa shape index (κ3) is 2.69. The zero-order valence-electron chi connectivity index (χ0n) is 11.4. The number of hydrogen-bond acceptors (Lipinski definition) is 3. The molecule has 118 valence electrons. The van der Waals surface area contributed by atoms with E-state index in [9.17, 15) is 22.0 Å². The highest BCUT2D eigenvalue weighted by molar-refractivity contribution is 5.30. The van der Waals surface area contributed by atoms with Crippen molar-refractivity contribution in [3.05, 3.63) is 29.1 Å². The van der Waals surface area contributed by atoms with E-state index in [0.717, 1.165) is 0 Å². The van der Waals surface area contributed by atoms with Crippen LogP contribution in [0.15, 0.2) is 0 Å². The molecule has 1 fully saturated rings. The van der Waals surface area contributed by atoms with Crippen LogP contribution in [0.25, 0.3) is 0 Å². The van der Waals surface area contributed by atoms with Crippen LogP contribution < -0.4 is 10.1 Å². The van der Waals surface area contributed by atoms with Gasteiger partial charge in [0.05, 0.1) is 0 Å². The Kier molecular flexibility index (Phi) is 4.67. The van der Waals surface area contributed by atoms with Gasteiger partial charge in [0, 0.05) is 19.6 Å². The number of ether oxygens (including phenoxy) is 2. The Bertz CT molecular complexity index is 511. The normalized spacial score (nSPS) is 24.8. The monoisotopic (exact) mass is 311 g/mol. The van der Waals surface area contributed by atoms with Gasteiger partial charge in [-0.1, -0.05) is 6.92 Å². The summed E-state index contributed by atoms with van der Waals surface area (Å²) in [7, 11) is 1.38. The first-order valence-corrected chi connectivity index (χ1v) is 6.36.